The molecule has 0 aliphatic heterocycles. The molecule has 2 aliphatic carbocycles. The molecule has 2 atom stereocenters. The maximum atomic E-state index is 6.46. The van der Waals surface area contributed by atoms with Gasteiger partial charge in [-0.2, -0.15) is 0 Å². The molecule has 1 saturated carbocycles. The first-order valence-corrected chi connectivity index (χ1v) is 6.56. The van der Waals surface area contributed by atoms with Crippen LogP contribution in [0.15, 0.2) is 11.6 Å². The molecule has 1 heteroatoms. The zero-order chi connectivity index (χ0) is 10.9. The molecular weight excluding hydrogens is 182 g/mol. The van der Waals surface area contributed by atoms with Crippen LogP contribution in [0.25, 0.3) is 0 Å². The zero-order valence-electron chi connectivity index (χ0n) is 10.3. The lowest BCUT2D eigenvalue weighted by atomic mass is 9.65. The summed E-state index contributed by atoms with van der Waals surface area (Å²) in [4.78, 5) is 0. The maximum Gasteiger partial charge on any atom is 0.0287 e. The Labute approximate surface area is 94.1 Å². The van der Waals surface area contributed by atoms with Gasteiger partial charge in [0.15, 0.2) is 0 Å². The standard InChI is InChI=1S/C14H25N/c1-14(2)10-6-5-9-12(14)13(15)11-7-3-4-8-11/h7,12-13H,3-6,8-10,15H2,1-2H3. The molecule has 0 aromatic rings. The Bertz CT molecular complexity index is 252. The van der Waals surface area contributed by atoms with Crippen LogP contribution < -0.4 is 5.73 Å². The third-order valence-corrected chi connectivity index (χ3v) is 4.53. The lowest BCUT2D eigenvalue weighted by molar-refractivity contribution is 0.122. The van der Waals surface area contributed by atoms with Gasteiger partial charge in [-0.3, -0.25) is 0 Å². The molecule has 0 saturated heterocycles. The van der Waals surface area contributed by atoms with Crippen molar-refractivity contribution >= 4 is 0 Å². The van der Waals surface area contributed by atoms with Gasteiger partial charge in [-0.25, -0.2) is 0 Å². The summed E-state index contributed by atoms with van der Waals surface area (Å²) in [6, 6.07) is 0.350. The Balaban J connectivity index is 2.07. The number of nitrogens with two attached hydrogens (primary N) is 1. The minimum Gasteiger partial charge on any atom is -0.324 e. The van der Waals surface area contributed by atoms with E-state index in [0.717, 1.165) is 5.92 Å². The topological polar surface area (TPSA) is 26.0 Å². The summed E-state index contributed by atoms with van der Waals surface area (Å²) in [7, 11) is 0. The van der Waals surface area contributed by atoms with Gasteiger partial charge in [-0.1, -0.05) is 38.3 Å². The van der Waals surface area contributed by atoms with Crippen molar-refractivity contribution in [1.82, 2.24) is 0 Å². The van der Waals surface area contributed by atoms with Crippen molar-refractivity contribution in [1.29, 1.82) is 0 Å². The molecule has 1 fully saturated rings. The second kappa shape index (κ2) is 4.29. The minimum absolute atomic E-state index is 0.350. The summed E-state index contributed by atoms with van der Waals surface area (Å²) >= 11 is 0. The first-order valence-electron chi connectivity index (χ1n) is 6.56. The molecule has 2 rings (SSSR count). The van der Waals surface area contributed by atoms with Crippen LogP contribution in [-0.4, -0.2) is 6.04 Å². The van der Waals surface area contributed by atoms with E-state index >= 15 is 0 Å². The van der Waals surface area contributed by atoms with Crippen LogP contribution in [0.5, 0.6) is 0 Å². The van der Waals surface area contributed by atoms with Crippen LogP contribution in [0.3, 0.4) is 0 Å². The number of hydrogen-bond acceptors (Lipinski definition) is 1. The zero-order valence-corrected chi connectivity index (χ0v) is 10.3. The second-order valence-electron chi connectivity index (χ2n) is 6.04. The molecule has 0 aromatic heterocycles. The van der Waals surface area contributed by atoms with Gasteiger partial charge in [0.25, 0.3) is 0 Å². The van der Waals surface area contributed by atoms with Gasteiger partial charge in [0, 0.05) is 6.04 Å². The molecular formula is C14H25N. The molecule has 1 nitrogen and oxygen atoms in total. The summed E-state index contributed by atoms with van der Waals surface area (Å²) in [5.41, 5.74) is 8.47. The highest BCUT2D eigenvalue weighted by Gasteiger charge is 2.37. The first kappa shape index (κ1) is 11.2. The number of allylic oxidation sites excluding steroid dienone is 1. The van der Waals surface area contributed by atoms with Crippen molar-refractivity contribution in [3.63, 3.8) is 0 Å². The van der Waals surface area contributed by atoms with Gasteiger partial charge >= 0.3 is 0 Å². The smallest absolute Gasteiger partial charge is 0.0287 e. The highest BCUT2D eigenvalue weighted by molar-refractivity contribution is 5.17. The average molecular weight is 207 g/mol. The number of rotatable bonds is 2. The molecule has 2 aliphatic rings. The van der Waals surface area contributed by atoms with Gasteiger partial charge < -0.3 is 5.73 Å². The first-order chi connectivity index (χ1) is 7.11. The molecule has 86 valence electrons. The van der Waals surface area contributed by atoms with Crippen LogP contribution in [0.2, 0.25) is 0 Å². The van der Waals surface area contributed by atoms with Gasteiger partial charge in [0.1, 0.15) is 0 Å². The molecule has 2 N–H and O–H groups in total. The Kier molecular flexibility index (Phi) is 3.20. The van der Waals surface area contributed by atoms with E-state index in [1.54, 1.807) is 5.57 Å². The van der Waals surface area contributed by atoms with Crippen molar-refractivity contribution in [2.75, 3.05) is 0 Å². The van der Waals surface area contributed by atoms with Crippen LogP contribution in [-0.2, 0) is 0 Å². The van der Waals surface area contributed by atoms with E-state index in [1.807, 2.05) is 0 Å². The van der Waals surface area contributed by atoms with Crippen LogP contribution in [0.4, 0.5) is 0 Å². The predicted octanol–water partition coefficient (Wildman–Crippen LogP) is 3.64. The van der Waals surface area contributed by atoms with Crippen LogP contribution in [0.1, 0.15) is 58.8 Å². The molecule has 15 heavy (non-hydrogen) atoms. The third-order valence-electron chi connectivity index (χ3n) is 4.53. The van der Waals surface area contributed by atoms with Crippen molar-refractivity contribution in [3.8, 4) is 0 Å². The van der Waals surface area contributed by atoms with E-state index in [4.69, 9.17) is 5.73 Å². The van der Waals surface area contributed by atoms with Crippen LogP contribution >= 0.6 is 0 Å². The van der Waals surface area contributed by atoms with Crippen molar-refractivity contribution in [3.05, 3.63) is 11.6 Å². The maximum absolute atomic E-state index is 6.46. The van der Waals surface area contributed by atoms with E-state index in [0.29, 0.717) is 11.5 Å². The van der Waals surface area contributed by atoms with Gasteiger partial charge in [-0.05, 0) is 43.4 Å². The summed E-state index contributed by atoms with van der Waals surface area (Å²) in [5.74, 6) is 0.718. The van der Waals surface area contributed by atoms with E-state index in [9.17, 15) is 0 Å². The highest BCUT2D eigenvalue weighted by atomic mass is 14.7. The minimum atomic E-state index is 0.350. The van der Waals surface area contributed by atoms with Crippen molar-refractivity contribution < 1.29 is 0 Å². The quantitative estimate of drug-likeness (QED) is 0.687. The van der Waals surface area contributed by atoms with E-state index < -0.39 is 0 Å². The SMILES string of the molecule is CC1(C)CCCCC1C(N)C1=CCCC1. The Morgan fingerprint density at radius 1 is 1.33 bits per heavy atom. The normalized spacial score (nSPS) is 32.5. The molecule has 0 heterocycles. The van der Waals surface area contributed by atoms with E-state index in [-0.39, 0.29) is 0 Å². The summed E-state index contributed by atoms with van der Waals surface area (Å²) < 4.78 is 0. The van der Waals surface area contributed by atoms with E-state index in [2.05, 4.69) is 19.9 Å². The van der Waals surface area contributed by atoms with Crippen molar-refractivity contribution in [2.24, 2.45) is 17.1 Å². The monoisotopic (exact) mass is 207 g/mol. The summed E-state index contributed by atoms with van der Waals surface area (Å²) in [6.07, 6.45) is 11.7. The summed E-state index contributed by atoms with van der Waals surface area (Å²) in [6.45, 7) is 4.82. The molecule has 0 aromatic carbocycles. The summed E-state index contributed by atoms with van der Waals surface area (Å²) in [5, 5.41) is 0. The van der Waals surface area contributed by atoms with Gasteiger partial charge in [0.2, 0.25) is 0 Å². The third kappa shape index (κ3) is 2.28. The molecule has 0 amide bonds. The largest absolute Gasteiger partial charge is 0.324 e. The number of hydrogen-bond donors (Lipinski definition) is 1. The fourth-order valence-corrected chi connectivity index (χ4v) is 3.44. The average Bonchev–Trinajstić information content (AvgIpc) is 2.69. The highest BCUT2D eigenvalue weighted by Crippen LogP contribution is 2.44. The molecule has 2 unspecified atom stereocenters. The Hall–Kier alpha value is -0.300. The molecule has 0 bridgehead atoms. The van der Waals surface area contributed by atoms with Gasteiger partial charge in [-0.15, -0.1) is 0 Å². The fourth-order valence-electron chi connectivity index (χ4n) is 3.44. The van der Waals surface area contributed by atoms with Crippen molar-refractivity contribution in [2.45, 2.75) is 64.8 Å². The Morgan fingerprint density at radius 3 is 2.73 bits per heavy atom. The predicted molar refractivity (Wildman–Crippen MR) is 65.6 cm³/mol. The van der Waals surface area contributed by atoms with Gasteiger partial charge in [0.05, 0.1) is 0 Å². The lowest BCUT2D eigenvalue weighted by Crippen LogP contribution is -2.42. The van der Waals surface area contributed by atoms with Crippen LogP contribution in [0, 0.1) is 11.3 Å². The van der Waals surface area contributed by atoms with E-state index in [1.165, 1.54) is 44.9 Å². The fraction of sp³-hybridized carbons (Fsp3) is 0.857. The molecule has 0 spiro atoms. The lowest BCUT2D eigenvalue weighted by Gasteiger charge is -2.42. The Morgan fingerprint density at radius 2 is 2.13 bits per heavy atom. The molecule has 0 radical (unpaired) electrons. The second-order valence-corrected chi connectivity index (χ2v) is 6.04.